The number of aromatic nitrogens is 4. The summed E-state index contributed by atoms with van der Waals surface area (Å²) < 4.78 is 5.69. The number of aromatic amines is 2. The van der Waals surface area contributed by atoms with Crippen LogP contribution < -0.4 is 5.32 Å². The average molecular weight is 346 g/mol. The lowest BCUT2D eigenvalue weighted by Gasteiger charge is -2.17. The maximum absolute atomic E-state index is 12.6. The first-order valence-corrected chi connectivity index (χ1v) is 8.09. The highest BCUT2D eigenvalue weighted by Crippen LogP contribution is 2.29. The lowest BCUT2D eigenvalue weighted by molar-refractivity contribution is 0.0789. The lowest BCUT2D eigenvalue weighted by atomic mass is 10.1. The molecule has 3 N–H and O–H groups in total. The van der Waals surface area contributed by atoms with E-state index in [2.05, 4.69) is 25.5 Å². The molecule has 0 bridgehead atoms. The molecule has 1 amide bonds. The van der Waals surface area contributed by atoms with Gasteiger partial charge < -0.3 is 15.0 Å². The van der Waals surface area contributed by atoms with E-state index < -0.39 is 0 Å². The van der Waals surface area contributed by atoms with Crippen molar-refractivity contribution in [3.63, 3.8) is 0 Å². The Morgan fingerprint density at radius 1 is 1.42 bits per heavy atom. The molecule has 8 heteroatoms. The minimum absolute atomic E-state index is 0.199. The zero-order chi connectivity index (χ0) is 16.7. The predicted molar refractivity (Wildman–Crippen MR) is 89.0 cm³/mol. The Labute approximate surface area is 142 Å². The van der Waals surface area contributed by atoms with E-state index >= 15 is 0 Å². The van der Waals surface area contributed by atoms with Crippen LogP contribution in [0, 0.1) is 6.92 Å². The standard InChI is InChI=1S/C16H16ClN5O2/c1-8-18-15(22-21-8)14-11(6-7-24-14)20-16(23)13-12(17)9-4-2-3-5-10(9)19-13/h2-5,11,14,19H,6-7H2,1H3,(H,20,23)(H,18,21,22)/t11-,14+/m0/s1. The number of fused-ring (bicyclic) bond motifs is 1. The molecule has 1 saturated heterocycles. The SMILES string of the molecule is Cc1nc([C@@H]2OCC[C@@H]2NC(=O)c2[nH]c3ccccc3c2Cl)n[nH]1. The average Bonchev–Trinajstić information content (AvgIpc) is 3.27. The van der Waals surface area contributed by atoms with Gasteiger partial charge in [0.1, 0.15) is 17.6 Å². The highest BCUT2D eigenvalue weighted by molar-refractivity contribution is 6.38. The maximum atomic E-state index is 12.6. The van der Waals surface area contributed by atoms with Crippen molar-refractivity contribution in [2.24, 2.45) is 0 Å². The van der Waals surface area contributed by atoms with Gasteiger partial charge in [0.05, 0.1) is 11.1 Å². The van der Waals surface area contributed by atoms with Gasteiger partial charge in [-0.2, -0.15) is 5.10 Å². The molecule has 0 aliphatic carbocycles. The number of carbonyl (C=O) groups is 1. The normalized spacial score (nSPS) is 20.6. The van der Waals surface area contributed by atoms with Crippen molar-refractivity contribution < 1.29 is 9.53 Å². The smallest absolute Gasteiger partial charge is 0.269 e. The van der Waals surface area contributed by atoms with Crippen LogP contribution in [0.5, 0.6) is 0 Å². The van der Waals surface area contributed by atoms with Gasteiger partial charge in [-0.05, 0) is 19.4 Å². The number of hydrogen-bond donors (Lipinski definition) is 3. The molecule has 124 valence electrons. The summed E-state index contributed by atoms with van der Waals surface area (Å²) in [5, 5.41) is 11.2. The number of halogens is 1. The zero-order valence-corrected chi connectivity index (χ0v) is 13.7. The second-order valence-corrected chi connectivity index (χ2v) is 6.18. The number of benzene rings is 1. The molecule has 1 aliphatic heterocycles. The van der Waals surface area contributed by atoms with E-state index in [1.165, 1.54) is 0 Å². The van der Waals surface area contributed by atoms with Gasteiger partial charge in [-0.3, -0.25) is 9.89 Å². The highest BCUT2D eigenvalue weighted by atomic mass is 35.5. The van der Waals surface area contributed by atoms with Crippen LogP contribution in [0.2, 0.25) is 5.02 Å². The van der Waals surface area contributed by atoms with Gasteiger partial charge in [0.25, 0.3) is 5.91 Å². The molecule has 2 atom stereocenters. The van der Waals surface area contributed by atoms with E-state index in [0.717, 1.165) is 10.9 Å². The third-order valence-corrected chi connectivity index (χ3v) is 4.54. The first kappa shape index (κ1) is 15.2. The minimum atomic E-state index is -0.359. The second-order valence-electron chi connectivity index (χ2n) is 5.80. The van der Waals surface area contributed by atoms with Crippen LogP contribution in [0.1, 0.15) is 34.7 Å². The van der Waals surface area contributed by atoms with Crippen molar-refractivity contribution in [2.75, 3.05) is 6.61 Å². The van der Waals surface area contributed by atoms with Gasteiger partial charge >= 0.3 is 0 Å². The van der Waals surface area contributed by atoms with Crippen LogP contribution in [-0.2, 0) is 4.74 Å². The molecule has 0 spiro atoms. The Morgan fingerprint density at radius 3 is 3.00 bits per heavy atom. The molecule has 0 unspecified atom stereocenters. The van der Waals surface area contributed by atoms with Crippen LogP contribution in [0.3, 0.4) is 0 Å². The molecule has 7 nitrogen and oxygen atoms in total. The molecule has 4 rings (SSSR count). The molecule has 1 fully saturated rings. The van der Waals surface area contributed by atoms with Crippen molar-refractivity contribution in [3.8, 4) is 0 Å². The number of carbonyl (C=O) groups excluding carboxylic acids is 1. The fourth-order valence-corrected chi connectivity index (χ4v) is 3.28. The van der Waals surface area contributed by atoms with E-state index in [4.69, 9.17) is 16.3 Å². The molecule has 0 radical (unpaired) electrons. The number of H-pyrrole nitrogens is 2. The number of hydrogen-bond acceptors (Lipinski definition) is 4. The Kier molecular flexibility index (Phi) is 3.74. The third kappa shape index (κ3) is 2.55. The van der Waals surface area contributed by atoms with E-state index in [9.17, 15) is 4.79 Å². The van der Waals surface area contributed by atoms with Gasteiger partial charge in [-0.1, -0.05) is 29.8 Å². The van der Waals surface area contributed by atoms with Gasteiger partial charge in [0.15, 0.2) is 5.82 Å². The Balaban J connectivity index is 1.57. The Bertz CT molecular complexity index is 903. The van der Waals surface area contributed by atoms with Crippen molar-refractivity contribution in [1.29, 1.82) is 0 Å². The van der Waals surface area contributed by atoms with Crippen LogP contribution in [0.15, 0.2) is 24.3 Å². The minimum Gasteiger partial charge on any atom is -0.368 e. The summed E-state index contributed by atoms with van der Waals surface area (Å²) in [6, 6.07) is 7.34. The van der Waals surface area contributed by atoms with Crippen molar-refractivity contribution in [1.82, 2.24) is 25.5 Å². The molecule has 24 heavy (non-hydrogen) atoms. The Morgan fingerprint density at radius 2 is 2.25 bits per heavy atom. The quantitative estimate of drug-likeness (QED) is 0.679. The zero-order valence-electron chi connectivity index (χ0n) is 13.0. The predicted octanol–water partition coefficient (Wildman–Crippen LogP) is 2.51. The van der Waals surface area contributed by atoms with E-state index in [0.29, 0.717) is 35.4 Å². The fraction of sp³-hybridized carbons (Fsp3) is 0.312. The van der Waals surface area contributed by atoms with Crippen LogP contribution in [0.4, 0.5) is 0 Å². The van der Waals surface area contributed by atoms with Crippen LogP contribution in [0.25, 0.3) is 10.9 Å². The number of para-hydroxylation sites is 1. The second kappa shape index (κ2) is 5.92. The monoisotopic (exact) mass is 345 g/mol. The largest absolute Gasteiger partial charge is 0.368 e. The molecule has 2 aromatic heterocycles. The fourth-order valence-electron chi connectivity index (χ4n) is 2.98. The molecule has 1 aliphatic rings. The number of nitrogens with zero attached hydrogens (tertiary/aromatic N) is 2. The third-order valence-electron chi connectivity index (χ3n) is 4.15. The highest BCUT2D eigenvalue weighted by Gasteiger charge is 2.34. The number of rotatable bonds is 3. The lowest BCUT2D eigenvalue weighted by Crippen LogP contribution is -2.37. The summed E-state index contributed by atoms with van der Waals surface area (Å²) >= 11 is 6.34. The summed E-state index contributed by atoms with van der Waals surface area (Å²) in [6.45, 7) is 2.37. The summed E-state index contributed by atoms with van der Waals surface area (Å²) in [7, 11) is 0. The first-order valence-electron chi connectivity index (χ1n) is 7.71. The van der Waals surface area contributed by atoms with Crippen LogP contribution in [-0.4, -0.2) is 38.7 Å². The molecule has 1 aromatic carbocycles. The first-order chi connectivity index (χ1) is 11.6. The van der Waals surface area contributed by atoms with Gasteiger partial charge in [0.2, 0.25) is 0 Å². The molecule has 3 aromatic rings. The van der Waals surface area contributed by atoms with Crippen molar-refractivity contribution in [2.45, 2.75) is 25.5 Å². The number of ether oxygens (including phenoxy) is 1. The van der Waals surface area contributed by atoms with E-state index in [-0.39, 0.29) is 18.1 Å². The van der Waals surface area contributed by atoms with Gasteiger partial charge in [-0.25, -0.2) is 4.98 Å². The molecule has 0 saturated carbocycles. The van der Waals surface area contributed by atoms with Crippen molar-refractivity contribution in [3.05, 3.63) is 46.6 Å². The summed E-state index contributed by atoms with van der Waals surface area (Å²) in [4.78, 5) is 20.0. The van der Waals surface area contributed by atoms with E-state index in [1.807, 2.05) is 31.2 Å². The topological polar surface area (TPSA) is 95.7 Å². The number of nitrogens with one attached hydrogen (secondary N) is 3. The van der Waals surface area contributed by atoms with E-state index in [1.54, 1.807) is 0 Å². The molecular weight excluding hydrogens is 330 g/mol. The molecular formula is C16H16ClN5O2. The summed E-state index contributed by atoms with van der Waals surface area (Å²) in [5.41, 5.74) is 1.19. The Hall–Kier alpha value is -2.38. The van der Waals surface area contributed by atoms with Crippen molar-refractivity contribution >= 4 is 28.4 Å². The summed E-state index contributed by atoms with van der Waals surface area (Å²) in [5.74, 6) is 1.01. The summed E-state index contributed by atoms with van der Waals surface area (Å²) in [6.07, 6.45) is 0.337. The maximum Gasteiger partial charge on any atom is 0.269 e. The number of aryl methyl sites for hydroxylation is 1. The van der Waals surface area contributed by atoms with Gasteiger partial charge in [0, 0.05) is 17.5 Å². The number of amides is 1. The van der Waals surface area contributed by atoms with Crippen LogP contribution >= 0.6 is 11.6 Å². The molecule has 3 heterocycles. The van der Waals surface area contributed by atoms with Gasteiger partial charge in [-0.15, -0.1) is 0 Å².